The van der Waals surface area contributed by atoms with E-state index in [1.807, 2.05) is 0 Å². The SMILES string of the molecule is C=C[C@@H]1C([C@@]2(C)CC[C@H](O[Si](C)(C)C(C)(C)C)CC2O)CC[C@@]2(C)C1CCC21OCCO1. The van der Waals surface area contributed by atoms with Gasteiger partial charge in [-0.1, -0.05) is 40.7 Å². The van der Waals surface area contributed by atoms with E-state index in [0.717, 1.165) is 58.2 Å². The molecule has 1 aliphatic heterocycles. The lowest BCUT2D eigenvalue weighted by Gasteiger charge is -2.57. The van der Waals surface area contributed by atoms with Crippen molar-refractivity contribution in [3.05, 3.63) is 12.7 Å². The van der Waals surface area contributed by atoms with Gasteiger partial charge < -0.3 is 19.0 Å². The second-order valence-electron chi connectivity index (χ2n) is 13.3. The summed E-state index contributed by atoms with van der Waals surface area (Å²) >= 11 is 0. The second-order valence-corrected chi connectivity index (χ2v) is 18.0. The second kappa shape index (κ2) is 8.19. The van der Waals surface area contributed by atoms with E-state index in [1.165, 1.54) is 0 Å². The summed E-state index contributed by atoms with van der Waals surface area (Å²) < 4.78 is 19.2. The number of aliphatic hydroxyl groups excluding tert-OH is 1. The predicted molar refractivity (Wildman–Crippen MR) is 132 cm³/mol. The van der Waals surface area contributed by atoms with E-state index < -0.39 is 14.1 Å². The number of rotatable bonds is 4. The van der Waals surface area contributed by atoms with Crippen molar-refractivity contribution in [3.63, 3.8) is 0 Å². The van der Waals surface area contributed by atoms with Crippen molar-refractivity contribution in [1.29, 1.82) is 0 Å². The molecule has 3 unspecified atom stereocenters. The van der Waals surface area contributed by atoms with Crippen LogP contribution >= 0.6 is 0 Å². The molecule has 0 aromatic heterocycles. The molecule has 5 heteroatoms. The number of aliphatic hydroxyl groups is 1. The highest BCUT2D eigenvalue weighted by Gasteiger charge is 2.66. The van der Waals surface area contributed by atoms with Gasteiger partial charge in [-0.2, -0.15) is 0 Å². The highest BCUT2D eigenvalue weighted by atomic mass is 28.4. The highest BCUT2D eigenvalue weighted by Crippen LogP contribution is 2.66. The Bertz CT molecular complexity index is 709. The minimum absolute atomic E-state index is 0.0445. The molecule has 1 saturated heterocycles. The molecule has 1 heterocycles. The maximum atomic E-state index is 11.5. The number of ether oxygens (including phenoxy) is 2. The van der Waals surface area contributed by atoms with Gasteiger partial charge in [-0.3, -0.25) is 0 Å². The number of hydrogen-bond acceptors (Lipinski definition) is 4. The van der Waals surface area contributed by atoms with Crippen LogP contribution in [0, 0.1) is 28.6 Å². The minimum Gasteiger partial charge on any atom is -0.414 e. The molecule has 1 N–H and O–H groups in total. The lowest BCUT2D eigenvalue weighted by Crippen LogP contribution is -2.56. The lowest BCUT2D eigenvalue weighted by atomic mass is 9.50. The Morgan fingerprint density at radius 2 is 1.62 bits per heavy atom. The van der Waals surface area contributed by atoms with Crippen LogP contribution in [-0.4, -0.2) is 44.6 Å². The van der Waals surface area contributed by atoms with Gasteiger partial charge in [0.05, 0.1) is 19.3 Å². The number of hydrogen-bond donors (Lipinski definition) is 1. The molecule has 0 bridgehead atoms. The molecule has 0 amide bonds. The predicted octanol–water partition coefficient (Wildman–Crippen LogP) is 6.30. The van der Waals surface area contributed by atoms with Crippen LogP contribution in [0.4, 0.5) is 0 Å². The summed E-state index contributed by atoms with van der Waals surface area (Å²) in [5, 5.41) is 11.7. The third-order valence-corrected chi connectivity index (χ3v) is 15.3. The van der Waals surface area contributed by atoms with Gasteiger partial charge in [-0.15, -0.1) is 6.58 Å². The van der Waals surface area contributed by atoms with Crippen molar-refractivity contribution in [2.45, 2.75) is 116 Å². The molecular formula is C27H48O4Si. The zero-order chi connectivity index (χ0) is 23.6. The first-order valence-corrected chi connectivity index (χ1v) is 16.0. The number of allylic oxidation sites excluding steroid dienone is 1. The molecule has 4 fully saturated rings. The van der Waals surface area contributed by atoms with E-state index in [4.69, 9.17) is 13.9 Å². The fourth-order valence-electron chi connectivity index (χ4n) is 7.59. The van der Waals surface area contributed by atoms with Crippen molar-refractivity contribution >= 4 is 8.32 Å². The van der Waals surface area contributed by atoms with Crippen LogP contribution in [0.5, 0.6) is 0 Å². The number of fused-ring (bicyclic) bond motifs is 2. The van der Waals surface area contributed by atoms with Crippen LogP contribution in [0.3, 0.4) is 0 Å². The van der Waals surface area contributed by atoms with E-state index in [1.54, 1.807) is 0 Å². The molecule has 1 spiro atoms. The third kappa shape index (κ3) is 3.69. The van der Waals surface area contributed by atoms with Gasteiger partial charge in [-0.25, -0.2) is 0 Å². The van der Waals surface area contributed by atoms with Crippen molar-refractivity contribution < 1.29 is 19.0 Å². The average molecular weight is 465 g/mol. The molecule has 32 heavy (non-hydrogen) atoms. The van der Waals surface area contributed by atoms with Crippen LogP contribution in [0.15, 0.2) is 12.7 Å². The van der Waals surface area contributed by atoms with E-state index in [-0.39, 0.29) is 28.1 Å². The average Bonchev–Trinajstić information content (AvgIpc) is 3.29. The summed E-state index contributed by atoms with van der Waals surface area (Å²) in [6, 6.07) is 0. The van der Waals surface area contributed by atoms with Gasteiger partial charge in [0.1, 0.15) is 0 Å². The summed E-state index contributed by atoms with van der Waals surface area (Å²) in [5.74, 6) is 0.983. The quantitative estimate of drug-likeness (QED) is 0.392. The highest BCUT2D eigenvalue weighted by molar-refractivity contribution is 6.74. The zero-order valence-electron chi connectivity index (χ0n) is 21.7. The van der Waals surface area contributed by atoms with Crippen molar-refractivity contribution in [2.75, 3.05) is 13.2 Å². The smallest absolute Gasteiger partial charge is 0.192 e. The zero-order valence-corrected chi connectivity index (χ0v) is 22.7. The first-order chi connectivity index (χ1) is 14.8. The fraction of sp³-hybridized carbons (Fsp3) is 0.926. The topological polar surface area (TPSA) is 47.9 Å². The lowest BCUT2D eigenvalue weighted by molar-refractivity contribution is -0.242. The molecule has 4 nitrogen and oxygen atoms in total. The molecule has 7 atom stereocenters. The first kappa shape index (κ1) is 24.9. The Morgan fingerprint density at radius 3 is 2.19 bits per heavy atom. The summed E-state index contributed by atoms with van der Waals surface area (Å²) in [4.78, 5) is 0. The summed E-state index contributed by atoms with van der Waals surface area (Å²) in [6.07, 6.45) is 9.27. The summed E-state index contributed by atoms with van der Waals surface area (Å²) in [5.41, 5.74) is -0.0383. The van der Waals surface area contributed by atoms with Crippen molar-refractivity contribution in [1.82, 2.24) is 0 Å². The molecular weight excluding hydrogens is 416 g/mol. The van der Waals surface area contributed by atoms with Gasteiger partial charge in [0.25, 0.3) is 0 Å². The molecule has 4 aliphatic rings. The molecule has 0 aromatic rings. The Hall–Kier alpha value is -0.203. The van der Waals surface area contributed by atoms with Crippen LogP contribution < -0.4 is 0 Å². The molecule has 184 valence electrons. The Labute approximate surface area is 197 Å². The molecule has 3 aliphatic carbocycles. The first-order valence-electron chi connectivity index (χ1n) is 13.1. The van der Waals surface area contributed by atoms with Gasteiger partial charge in [0.15, 0.2) is 14.1 Å². The summed E-state index contributed by atoms with van der Waals surface area (Å²) in [7, 11) is -1.83. The standard InChI is InChI=1S/C27H48O4Si/c1-9-20-21(11-14-26(6)22(20)12-15-27(26)29-16-17-30-27)25(5)13-10-19(18-23(25)28)31-32(7,8)24(2,3)4/h9,19-23,28H,1,10-18H2,2-8H3/t19-,20+,21?,22?,23?,25+,26-/m0/s1. The summed E-state index contributed by atoms with van der Waals surface area (Å²) in [6.45, 7) is 22.0. The monoisotopic (exact) mass is 464 g/mol. The van der Waals surface area contributed by atoms with E-state index in [2.05, 4.69) is 60.4 Å². The third-order valence-electron chi connectivity index (χ3n) is 10.8. The van der Waals surface area contributed by atoms with Crippen LogP contribution in [0.1, 0.15) is 79.6 Å². The van der Waals surface area contributed by atoms with Crippen LogP contribution in [0.25, 0.3) is 0 Å². The van der Waals surface area contributed by atoms with Gasteiger partial charge in [0.2, 0.25) is 0 Å². The molecule has 0 radical (unpaired) electrons. The molecule has 3 saturated carbocycles. The van der Waals surface area contributed by atoms with Gasteiger partial charge in [0, 0.05) is 17.9 Å². The fourth-order valence-corrected chi connectivity index (χ4v) is 8.99. The van der Waals surface area contributed by atoms with Gasteiger partial charge >= 0.3 is 0 Å². The van der Waals surface area contributed by atoms with E-state index in [9.17, 15) is 5.11 Å². The Kier molecular flexibility index (Phi) is 6.37. The van der Waals surface area contributed by atoms with E-state index >= 15 is 0 Å². The normalized spacial score (nSPS) is 44.6. The molecule has 4 rings (SSSR count). The van der Waals surface area contributed by atoms with Gasteiger partial charge in [-0.05, 0) is 79.8 Å². The maximum absolute atomic E-state index is 11.5. The Morgan fingerprint density at radius 1 is 1.00 bits per heavy atom. The van der Waals surface area contributed by atoms with Crippen LogP contribution in [-0.2, 0) is 13.9 Å². The van der Waals surface area contributed by atoms with Crippen molar-refractivity contribution in [2.24, 2.45) is 28.6 Å². The largest absolute Gasteiger partial charge is 0.414 e. The van der Waals surface area contributed by atoms with Crippen molar-refractivity contribution in [3.8, 4) is 0 Å². The minimum atomic E-state index is -1.83. The Balaban J connectivity index is 1.50. The maximum Gasteiger partial charge on any atom is 0.192 e. The van der Waals surface area contributed by atoms with E-state index in [0.29, 0.717) is 17.8 Å². The molecule has 0 aromatic carbocycles. The van der Waals surface area contributed by atoms with Crippen LogP contribution in [0.2, 0.25) is 18.1 Å².